The Morgan fingerprint density at radius 1 is 1.28 bits per heavy atom. The highest BCUT2D eigenvalue weighted by Gasteiger charge is 2.06. The molecular weight excluding hydrogens is 296 g/mol. The Bertz CT molecular complexity index is 348. The van der Waals surface area contributed by atoms with Gasteiger partial charge in [-0.25, -0.2) is 4.98 Å². The maximum atomic E-state index is 5.64. The van der Waals surface area contributed by atoms with Gasteiger partial charge in [0.25, 0.3) is 0 Å². The van der Waals surface area contributed by atoms with Crippen LogP contribution in [0.5, 0.6) is 5.88 Å². The average Bonchev–Trinajstić information content (AvgIpc) is 2.38. The first-order chi connectivity index (χ1) is 8.77. The highest BCUT2D eigenvalue weighted by molar-refractivity contribution is 9.10. The number of aromatic nitrogens is 1. The van der Waals surface area contributed by atoms with E-state index in [4.69, 9.17) is 9.47 Å². The summed E-state index contributed by atoms with van der Waals surface area (Å²) in [6, 6.07) is 2.03. The van der Waals surface area contributed by atoms with Gasteiger partial charge in [-0.05, 0) is 35.0 Å². The molecule has 1 aromatic heterocycles. The molecule has 0 unspecified atom stereocenters. The molecule has 18 heavy (non-hydrogen) atoms. The van der Waals surface area contributed by atoms with E-state index in [0.29, 0.717) is 19.1 Å². The van der Waals surface area contributed by atoms with Crippen molar-refractivity contribution in [3.05, 3.63) is 22.3 Å². The number of halogens is 1. The van der Waals surface area contributed by atoms with E-state index in [9.17, 15) is 0 Å². The van der Waals surface area contributed by atoms with Crippen molar-refractivity contribution in [3.63, 3.8) is 0 Å². The molecular formula is C13H21BrN2O2. The van der Waals surface area contributed by atoms with Gasteiger partial charge in [0.15, 0.2) is 0 Å². The number of nitrogens with zero attached hydrogens (tertiary/aromatic N) is 1. The summed E-state index contributed by atoms with van der Waals surface area (Å²) in [5.74, 6) is 0.680. The Balaban J connectivity index is 2.47. The van der Waals surface area contributed by atoms with E-state index in [1.807, 2.05) is 6.07 Å². The molecule has 1 rings (SSSR count). The predicted octanol–water partition coefficient (Wildman–Crippen LogP) is 2.76. The zero-order chi connectivity index (χ0) is 13.2. The van der Waals surface area contributed by atoms with Crippen LogP contribution >= 0.6 is 15.9 Å². The van der Waals surface area contributed by atoms with E-state index in [2.05, 4.69) is 40.1 Å². The van der Waals surface area contributed by atoms with Crippen LogP contribution in [-0.2, 0) is 11.3 Å². The van der Waals surface area contributed by atoms with Gasteiger partial charge in [0.05, 0.1) is 6.61 Å². The summed E-state index contributed by atoms with van der Waals surface area (Å²) >= 11 is 3.42. The van der Waals surface area contributed by atoms with Crippen LogP contribution in [0.3, 0.4) is 0 Å². The van der Waals surface area contributed by atoms with E-state index in [-0.39, 0.29) is 0 Å². The molecule has 4 nitrogen and oxygen atoms in total. The predicted molar refractivity (Wildman–Crippen MR) is 75.9 cm³/mol. The van der Waals surface area contributed by atoms with Gasteiger partial charge in [-0.2, -0.15) is 0 Å². The third-order valence-electron chi connectivity index (χ3n) is 2.27. The number of hydrogen-bond acceptors (Lipinski definition) is 4. The fraction of sp³-hybridized carbons (Fsp3) is 0.615. The number of pyridine rings is 1. The minimum absolute atomic E-state index is 0.535. The molecule has 0 amide bonds. The van der Waals surface area contributed by atoms with Gasteiger partial charge in [0, 0.05) is 29.4 Å². The Hall–Kier alpha value is -0.650. The van der Waals surface area contributed by atoms with Crippen LogP contribution in [0.15, 0.2) is 16.7 Å². The first kappa shape index (κ1) is 15.4. The average molecular weight is 317 g/mol. The summed E-state index contributed by atoms with van der Waals surface area (Å²) in [5.41, 5.74) is 1.06. The maximum Gasteiger partial charge on any atom is 0.217 e. The second-order valence-electron chi connectivity index (χ2n) is 3.86. The summed E-state index contributed by atoms with van der Waals surface area (Å²) in [5, 5.41) is 3.27. The van der Waals surface area contributed by atoms with Gasteiger partial charge in [-0.3, -0.25) is 0 Å². The van der Waals surface area contributed by atoms with E-state index >= 15 is 0 Å². The lowest BCUT2D eigenvalue weighted by Gasteiger charge is -2.11. The van der Waals surface area contributed by atoms with Crippen molar-refractivity contribution in [2.45, 2.75) is 26.8 Å². The Kier molecular flexibility index (Phi) is 7.96. The van der Waals surface area contributed by atoms with Crippen molar-refractivity contribution in [2.75, 3.05) is 26.4 Å². The second-order valence-corrected chi connectivity index (χ2v) is 4.77. The summed E-state index contributed by atoms with van der Waals surface area (Å²) < 4.78 is 12.0. The lowest BCUT2D eigenvalue weighted by atomic mass is 10.2. The molecule has 0 saturated heterocycles. The Morgan fingerprint density at radius 3 is 2.83 bits per heavy atom. The topological polar surface area (TPSA) is 43.4 Å². The van der Waals surface area contributed by atoms with Gasteiger partial charge in [0.1, 0.15) is 6.61 Å². The first-order valence-corrected chi connectivity index (χ1v) is 7.12. The van der Waals surface area contributed by atoms with Crippen molar-refractivity contribution in [1.29, 1.82) is 0 Å². The van der Waals surface area contributed by atoms with Gasteiger partial charge in [-0.15, -0.1) is 0 Å². The van der Waals surface area contributed by atoms with Gasteiger partial charge >= 0.3 is 0 Å². The normalized spacial score (nSPS) is 10.6. The molecule has 0 aromatic carbocycles. The van der Waals surface area contributed by atoms with E-state index in [0.717, 1.165) is 36.2 Å². The van der Waals surface area contributed by atoms with Crippen molar-refractivity contribution in [3.8, 4) is 5.88 Å². The lowest BCUT2D eigenvalue weighted by molar-refractivity contribution is 0.0986. The minimum atomic E-state index is 0.535. The molecule has 0 atom stereocenters. The Labute approximate surface area is 117 Å². The smallest absolute Gasteiger partial charge is 0.217 e. The molecule has 0 aliphatic carbocycles. The van der Waals surface area contributed by atoms with Gasteiger partial charge in [-0.1, -0.05) is 13.8 Å². The van der Waals surface area contributed by atoms with Gasteiger partial charge < -0.3 is 14.8 Å². The van der Waals surface area contributed by atoms with E-state index in [1.54, 1.807) is 6.20 Å². The molecule has 0 radical (unpaired) electrons. The van der Waals surface area contributed by atoms with Crippen molar-refractivity contribution < 1.29 is 9.47 Å². The van der Waals surface area contributed by atoms with Crippen molar-refractivity contribution in [2.24, 2.45) is 0 Å². The molecule has 1 aromatic rings. The van der Waals surface area contributed by atoms with Crippen molar-refractivity contribution >= 4 is 15.9 Å². The monoisotopic (exact) mass is 316 g/mol. The highest BCUT2D eigenvalue weighted by Crippen LogP contribution is 2.19. The zero-order valence-corrected chi connectivity index (χ0v) is 12.6. The summed E-state index contributed by atoms with van der Waals surface area (Å²) in [7, 11) is 0. The number of nitrogens with one attached hydrogen (secondary N) is 1. The highest BCUT2D eigenvalue weighted by atomic mass is 79.9. The summed E-state index contributed by atoms with van der Waals surface area (Å²) in [6.07, 6.45) is 2.78. The summed E-state index contributed by atoms with van der Waals surface area (Å²) in [4.78, 5) is 4.28. The van der Waals surface area contributed by atoms with Crippen LogP contribution in [0.25, 0.3) is 0 Å². The van der Waals surface area contributed by atoms with Crippen LogP contribution in [-0.4, -0.2) is 31.3 Å². The molecule has 1 heterocycles. The van der Waals surface area contributed by atoms with Crippen molar-refractivity contribution in [1.82, 2.24) is 10.3 Å². The largest absolute Gasteiger partial charge is 0.475 e. The molecule has 0 saturated carbocycles. The lowest BCUT2D eigenvalue weighted by Crippen LogP contribution is -2.15. The first-order valence-electron chi connectivity index (χ1n) is 6.33. The van der Waals surface area contributed by atoms with E-state index in [1.165, 1.54) is 0 Å². The SMILES string of the molecule is CCCOCCOc1ncc(Br)cc1CNCC. The molecule has 1 N–H and O–H groups in total. The van der Waals surface area contributed by atoms with Crippen LogP contribution in [0.2, 0.25) is 0 Å². The molecule has 0 spiro atoms. The number of hydrogen-bond donors (Lipinski definition) is 1. The second kappa shape index (κ2) is 9.30. The van der Waals surface area contributed by atoms with Crippen LogP contribution in [0.4, 0.5) is 0 Å². The molecule has 5 heteroatoms. The molecule has 0 bridgehead atoms. The quantitative estimate of drug-likeness (QED) is 0.711. The molecule has 102 valence electrons. The zero-order valence-electron chi connectivity index (χ0n) is 11.0. The summed E-state index contributed by atoms with van der Waals surface area (Å²) in [6.45, 7) is 7.76. The molecule has 0 fully saturated rings. The third-order valence-corrected chi connectivity index (χ3v) is 2.71. The van der Waals surface area contributed by atoms with Crippen LogP contribution < -0.4 is 10.1 Å². The minimum Gasteiger partial charge on any atom is -0.475 e. The third kappa shape index (κ3) is 5.80. The van der Waals surface area contributed by atoms with Gasteiger partial charge in [0.2, 0.25) is 5.88 Å². The fourth-order valence-corrected chi connectivity index (χ4v) is 1.81. The maximum absolute atomic E-state index is 5.64. The van der Waals surface area contributed by atoms with Crippen LogP contribution in [0, 0.1) is 0 Å². The van der Waals surface area contributed by atoms with E-state index < -0.39 is 0 Å². The fourth-order valence-electron chi connectivity index (χ4n) is 1.43. The Morgan fingerprint density at radius 2 is 2.11 bits per heavy atom. The number of rotatable bonds is 9. The standard InChI is InChI=1S/C13H21BrN2O2/c1-3-5-17-6-7-18-13-11(9-15-4-2)8-12(14)10-16-13/h8,10,15H,3-7,9H2,1-2H3. The molecule has 0 aliphatic heterocycles. The number of ether oxygens (including phenoxy) is 2. The molecule has 0 aliphatic rings. The van der Waals surface area contributed by atoms with Crippen LogP contribution in [0.1, 0.15) is 25.8 Å².